The number of rotatable bonds is 4. The molecule has 0 saturated heterocycles. The van der Waals surface area contributed by atoms with Gasteiger partial charge in [-0.05, 0) is 13.0 Å². The van der Waals surface area contributed by atoms with Gasteiger partial charge in [0.2, 0.25) is 0 Å². The van der Waals surface area contributed by atoms with Crippen molar-refractivity contribution in [2.75, 3.05) is 12.3 Å². The average Bonchev–Trinajstić information content (AvgIpc) is 2.52. The highest BCUT2D eigenvalue weighted by Crippen LogP contribution is 2.09. The topological polar surface area (TPSA) is 56.0 Å². The maximum atomic E-state index is 11.3. The smallest absolute Gasteiger partial charge is 0.180 e. The fourth-order valence-electron chi connectivity index (χ4n) is 0.625. The minimum atomic E-state index is -0.925. The fourth-order valence-corrected chi connectivity index (χ4v) is 2.61. The number of aromatic nitrogens is 1. The van der Waals surface area contributed by atoms with E-state index in [2.05, 4.69) is 4.98 Å². The van der Waals surface area contributed by atoms with Crippen LogP contribution in [0.3, 0.4) is 0 Å². The van der Waals surface area contributed by atoms with E-state index in [-0.39, 0.29) is 0 Å². The van der Waals surface area contributed by atoms with E-state index in [0.717, 1.165) is 6.42 Å². The molecule has 1 atom stereocenters. The molecule has 0 saturated carbocycles. The van der Waals surface area contributed by atoms with E-state index in [1.165, 1.54) is 11.3 Å². The zero-order valence-electron chi connectivity index (χ0n) is 6.03. The van der Waals surface area contributed by atoms with Crippen LogP contribution in [0.4, 0.5) is 0 Å². The predicted octanol–water partition coefficient (Wildman–Crippen LogP) is 0.599. The lowest BCUT2D eigenvalue weighted by atomic mass is 10.5. The SMILES string of the molecule is NCCCS(=O)c1nccs1. The lowest BCUT2D eigenvalue weighted by Crippen LogP contribution is -2.05. The summed E-state index contributed by atoms with van der Waals surface area (Å²) < 4.78 is 12.0. The van der Waals surface area contributed by atoms with E-state index in [1.54, 1.807) is 6.20 Å². The van der Waals surface area contributed by atoms with Crippen molar-refractivity contribution in [3.8, 4) is 0 Å². The van der Waals surface area contributed by atoms with Gasteiger partial charge in [-0.2, -0.15) is 0 Å². The van der Waals surface area contributed by atoms with Crippen molar-refractivity contribution in [1.82, 2.24) is 4.98 Å². The third-order valence-corrected chi connectivity index (χ3v) is 3.70. The summed E-state index contributed by atoms with van der Waals surface area (Å²) in [5.74, 6) is 0.629. The van der Waals surface area contributed by atoms with Crippen LogP contribution in [0.15, 0.2) is 15.9 Å². The summed E-state index contributed by atoms with van der Waals surface area (Å²) in [6.07, 6.45) is 2.46. The Labute approximate surface area is 72.1 Å². The highest BCUT2D eigenvalue weighted by Gasteiger charge is 2.04. The van der Waals surface area contributed by atoms with Gasteiger partial charge >= 0.3 is 0 Å². The number of hydrogen-bond acceptors (Lipinski definition) is 4. The van der Waals surface area contributed by atoms with Gasteiger partial charge in [0.25, 0.3) is 0 Å². The molecule has 0 aromatic carbocycles. The second-order valence-electron chi connectivity index (χ2n) is 1.99. The zero-order valence-corrected chi connectivity index (χ0v) is 7.66. The predicted molar refractivity (Wildman–Crippen MR) is 47.1 cm³/mol. The van der Waals surface area contributed by atoms with Gasteiger partial charge in [0.15, 0.2) is 4.34 Å². The number of nitrogens with two attached hydrogens (primary N) is 1. The molecular weight excluding hydrogens is 180 g/mol. The molecule has 0 aliphatic carbocycles. The Hall–Kier alpha value is -0.260. The molecule has 0 aliphatic heterocycles. The third kappa shape index (κ3) is 2.69. The van der Waals surface area contributed by atoms with Crippen LogP contribution in [0.2, 0.25) is 0 Å². The van der Waals surface area contributed by atoms with E-state index >= 15 is 0 Å². The van der Waals surface area contributed by atoms with Gasteiger partial charge in [0.1, 0.15) is 0 Å². The van der Waals surface area contributed by atoms with E-state index < -0.39 is 10.8 Å². The van der Waals surface area contributed by atoms with Crippen LogP contribution in [-0.4, -0.2) is 21.5 Å². The minimum absolute atomic E-state index is 0.594. The Kier molecular flexibility index (Phi) is 3.68. The van der Waals surface area contributed by atoms with Gasteiger partial charge in [-0.3, -0.25) is 4.21 Å². The highest BCUT2D eigenvalue weighted by atomic mass is 32.2. The van der Waals surface area contributed by atoms with Crippen molar-refractivity contribution >= 4 is 22.1 Å². The van der Waals surface area contributed by atoms with Crippen LogP contribution >= 0.6 is 11.3 Å². The Bertz CT molecular complexity index is 222. The Morgan fingerprint density at radius 2 is 2.55 bits per heavy atom. The van der Waals surface area contributed by atoms with E-state index in [0.29, 0.717) is 16.6 Å². The van der Waals surface area contributed by atoms with Gasteiger partial charge in [-0.15, -0.1) is 11.3 Å². The van der Waals surface area contributed by atoms with Crippen molar-refractivity contribution < 1.29 is 4.21 Å². The minimum Gasteiger partial charge on any atom is -0.330 e. The normalized spacial score (nSPS) is 13.2. The second-order valence-corrected chi connectivity index (χ2v) is 4.63. The highest BCUT2D eigenvalue weighted by molar-refractivity contribution is 7.87. The number of nitrogens with zero attached hydrogens (tertiary/aromatic N) is 1. The average molecular weight is 190 g/mol. The number of thiazole rings is 1. The van der Waals surface area contributed by atoms with E-state index in [1.807, 2.05) is 5.38 Å². The Morgan fingerprint density at radius 3 is 3.09 bits per heavy atom. The molecule has 11 heavy (non-hydrogen) atoms. The standard InChI is InChI=1S/C6H10N2OS2/c7-2-1-5-11(9)6-8-3-4-10-6/h3-4H,1-2,5,7H2. The summed E-state index contributed by atoms with van der Waals surface area (Å²) in [6, 6.07) is 0. The molecule has 2 N–H and O–H groups in total. The van der Waals surface area contributed by atoms with Crippen molar-refractivity contribution in [3.63, 3.8) is 0 Å². The van der Waals surface area contributed by atoms with Crippen LogP contribution in [0, 0.1) is 0 Å². The van der Waals surface area contributed by atoms with Crippen LogP contribution in [0.1, 0.15) is 6.42 Å². The molecular formula is C6H10N2OS2. The Balaban J connectivity index is 2.43. The summed E-state index contributed by atoms with van der Waals surface area (Å²) in [4.78, 5) is 3.95. The van der Waals surface area contributed by atoms with Gasteiger partial charge in [-0.1, -0.05) is 0 Å². The maximum absolute atomic E-state index is 11.3. The summed E-state index contributed by atoms with van der Waals surface area (Å²) in [5.41, 5.74) is 5.28. The molecule has 1 heterocycles. The monoisotopic (exact) mass is 190 g/mol. The molecule has 1 aromatic heterocycles. The molecule has 5 heteroatoms. The first-order valence-corrected chi connectivity index (χ1v) is 5.52. The largest absolute Gasteiger partial charge is 0.330 e. The molecule has 0 radical (unpaired) electrons. The van der Waals surface area contributed by atoms with Crippen molar-refractivity contribution in [1.29, 1.82) is 0 Å². The summed E-state index contributed by atoms with van der Waals surface area (Å²) in [6.45, 7) is 0.594. The zero-order chi connectivity index (χ0) is 8.10. The van der Waals surface area contributed by atoms with Gasteiger partial charge < -0.3 is 5.73 Å². The first-order valence-electron chi connectivity index (χ1n) is 3.32. The van der Waals surface area contributed by atoms with Crippen LogP contribution < -0.4 is 5.73 Å². The first-order chi connectivity index (χ1) is 5.34. The van der Waals surface area contributed by atoms with Crippen LogP contribution in [0.25, 0.3) is 0 Å². The molecule has 0 fully saturated rings. The van der Waals surface area contributed by atoms with Crippen molar-refractivity contribution in [2.24, 2.45) is 5.73 Å². The molecule has 1 aromatic rings. The second kappa shape index (κ2) is 4.58. The van der Waals surface area contributed by atoms with Crippen LogP contribution in [0.5, 0.6) is 0 Å². The van der Waals surface area contributed by atoms with E-state index in [9.17, 15) is 4.21 Å². The first kappa shape index (κ1) is 8.83. The van der Waals surface area contributed by atoms with Crippen LogP contribution in [-0.2, 0) is 10.8 Å². The fraction of sp³-hybridized carbons (Fsp3) is 0.500. The number of hydrogen-bond donors (Lipinski definition) is 1. The maximum Gasteiger partial charge on any atom is 0.180 e. The lowest BCUT2D eigenvalue weighted by Gasteiger charge is -1.94. The molecule has 0 bridgehead atoms. The van der Waals surface area contributed by atoms with Crippen molar-refractivity contribution in [2.45, 2.75) is 10.8 Å². The molecule has 0 amide bonds. The summed E-state index contributed by atoms with van der Waals surface area (Å²) in [7, 11) is -0.925. The van der Waals surface area contributed by atoms with Gasteiger partial charge in [-0.25, -0.2) is 4.98 Å². The quantitative estimate of drug-likeness (QED) is 0.756. The Morgan fingerprint density at radius 1 is 1.73 bits per heavy atom. The summed E-state index contributed by atoms with van der Waals surface area (Å²) in [5, 5.41) is 1.83. The molecule has 0 spiro atoms. The molecule has 0 aliphatic rings. The van der Waals surface area contributed by atoms with Crippen molar-refractivity contribution in [3.05, 3.63) is 11.6 Å². The third-order valence-electron chi connectivity index (χ3n) is 1.14. The van der Waals surface area contributed by atoms with Gasteiger partial charge in [0.05, 0.1) is 10.8 Å². The molecule has 3 nitrogen and oxygen atoms in total. The van der Waals surface area contributed by atoms with E-state index in [4.69, 9.17) is 5.73 Å². The molecule has 1 rings (SSSR count). The summed E-state index contributed by atoms with van der Waals surface area (Å²) >= 11 is 1.43. The van der Waals surface area contributed by atoms with Gasteiger partial charge in [0, 0.05) is 17.3 Å². The lowest BCUT2D eigenvalue weighted by molar-refractivity contribution is 0.680. The molecule has 1 unspecified atom stereocenters. The molecule has 62 valence electrons.